The molecule has 1 fully saturated rings. The van der Waals surface area contributed by atoms with Gasteiger partial charge in [-0.2, -0.15) is 0 Å². The number of hydrogen-bond donors (Lipinski definition) is 3. The summed E-state index contributed by atoms with van der Waals surface area (Å²) in [4.78, 5) is 25.8. The number of nitrogens with one attached hydrogen (secondary N) is 1. The summed E-state index contributed by atoms with van der Waals surface area (Å²) in [6, 6.07) is -0.423. The van der Waals surface area contributed by atoms with Gasteiger partial charge in [0.15, 0.2) is 0 Å². The second-order valence-corrected chi connectivity index (χ2v) is 5.45. The van der Waals surface area contributed by atoms with E-state index >= 15 is 0 Å². The summed E-state index contributed by atoms with van der Waals surface area (Å²) in [5.74, 6) is -0.442. The third-order valence-corrected chi connectivity index (χ3v) is 3.96. The molecule has 0 unspecified atom stereocenters. The second kappa shape index (κ2) is 6.06. The lowest BCUT2D eigenvalue weighted by Crippen LogP contribution is -2.33. The SMILES string of the molecule is C=C1[C@@H](CO)[C@H](O)C[C@H]1n1cc(C=CI)c(=O)[nH]c1=O. The van der Waals surface area contributed by atoms with Gasteiger partial charge in [-0.3, -0.25) is 14.3 Å². The van der Waals surface area contributed by atoms with Crippen molar-refractivity contribution in [3.05, 3.63) is 48.8 Å². The van der Waals surface area contributed by atoms with Crippen molar-refractivity contribution in [2.45, 2.75) is 18.6 Å². The van der Waals surface area contributed by atoms with Crippen LogP contribution in [0, 0.1) is 5.92 Å². The number of halogens is 1. The van der Waals surface area contributed by atoms with E-state index in [2.05, 4.69) is 11.6 Å². The van der Waals surface area contributed by atoms with Crippen LogP contribution in [0.15, 0.2) is 32.0 Å². The van der Waals surface area contributed by atoms with E-state index in [1.54, 1.807) is 10.2 Å². The highest BCUT2D eigenvalue weighted by Crippen LogP contribution is 2.37. The summed E-state index contributed by atoms with van der Waals surface area (Å²) in [5.41, 5.74) is -0.0492. The summed E-state index contributed by atoms with van der Waals surface area (Å²) >= 11 is 1.98. The largest absolute Gasteiger partial charge is 0.396 e. The minimum atomic E-state index is -0.736. The Hall–Kier alpha value is -1.19. The first-order chi connectivity index (χ1) is 9.49. The molecule has 0 spiro atoms. The molecule has 1 aliphatic carbocycles. The van der Waals surface area contributed by atoms with Crippen LogP contribution in [-0.4, -0.2) is 32.5 Å². The van der Waals surface area contributed by atoms with Crippen LogP contribution in [0.5, 0.6) is 0 Å². The molecule has 20 heavy (non-hydrogen) atoms. The summed E-state index contributed by atoms with van der Waals surface area (Å²) in [6.45, 7) is 3.65. The van der Waals surface area contributed by atoms with Crippen LogP contribution in [0.4, 0.5) is 0 Å². The van der Waals surface area contributed by atoms with Crippen molar-refractivity contribution in [1.82, 2.24) is 9.55 Å². The van der Waals surface area contributed by atoms with Crippen LogP contribution < -0.4 is 11.2 Å². The highest BCUT2D eigenvalue weighted by atomic mass is 127. The van der Waals surface area contributed by atoms with E-state index in [-0.39, 0.29) is 6.61 Å². The van der Waals surface area contributed by atoms with Crippen molar-refractivity contribution in [3.63, 3.8) is 0 Å². The van der Waals surface area contributed by atoms with Gasteiger partial charge in [0.1, 0.15) is 0 Å². The third kappa shape index (κ3) is 2.65. The zero-order chi connectivity index (χ0) is 14.9. The molecule has 0 aromatic carbocycles. The van der Waals surface area contributed by atoms with Gasteiger partial charge in [-0.25, -0.2) is 4.79 Å². The molecule has 0 aliphatic heterocycles. The van der Waals surface area contributed by atoms with E-state index in [9.17, 15) is 19.8 Å². The molecule has 108 valence electrons. The van der Waals surface area contributed by atoms with Crippen LogP contribution in [0.25, 0.3) is 6.08 Å². The number of H-pyrrole nitrogens is 1. The Labute approximate surface area is 128 Å². The number of aromatic nitrogens is 2. The summed E-state index contributed by atoms with van der Waals surface area (Å²) in [6.07, 6.45) is 2.61. The molecule has 3 N–H and O–H groups in total. The van der Waals surface area contributed by atoms with Gasteiger partial charge >= 0.3 is 5.69 Å². The van der Waals surface area contributed by atoms with Crippen molar-refractivity contribution >= 4 is 28.7 Å². The molecule has 1 saturated carbocycles. The minimum Gasteiger partial charge on any atom is -0.396 e. The molecule has 1 aromatic heterocycles. The van der Waals surface area contributed by atoms with Gasteiger partial charge in [-0.05, 0) is 22.2 Å². The molecular formula is C13H15IN2O4. The van der Waals surface area contributed by atoms with E-state index in [0.29, 0.717) is 17.6 Å². The standard InChI is InChI=1S/C13H15IN2O4/c1-7-9(6-17)11(18)4-10(7)16-5-8(2-3-14)12(19)15-13(16)20/h2-3,5,9-11,17-18H,1,4,6H2,(H,15,19,20)/t9-,10-,11-/m1/s1. The first kappa shape index (κ1) is 15.2. The number of hydrogen-bond acceptors (Lipinski definition) is 4. The van der Waals surface area contributed by atoms with Crippen LogP contribution in [0.3, 0.4) is 0 Å². The van der Waals surface area contributed by atoms with E-state index in [1.165, 1.54) is 10.8 Å². The summed E-state index contributed by atoms with van der Waals surface area (Å²) < 4.78 is 3.03. The number of aliphatic hydroxyl groups excluding tert-OH is 2. The maximum Gasteiger partial charge on any atom is 0.328 e. The Bertz CT molecular complexity index is 661. The Morgan fingerprint density at radius 2 is 2.25 bits per heavy atom. The fourth-order valence-electron chi connectivity index (χ4n) is 2.49. The van der Waals surface area contributed by atoms with Gasteiger partial charge in [-0.15, -0.1) is 0 Å². The van der Waals surface area contributed by atoms with Gasteiger partial charge in [0.25, 0.3) is 5.56 Å². The predicted molar refractivity (Wildman–Crippen MR) is 83.8 cm³/mol. The quantitative estimate of drug-likeness (QED) is 0.515. The average molecular weight is 390 g/mol. The molecule has 0 radical (unpaired) electrons. The van der Waals surface area contributed by atoms with E-state index in [4.69, 9.17) is 0 Å². The normalized spacial score (nSPS) is 26.6. The number of rotatable bonds is 3. The summed E-state index contributed by atoms with van der Waals surface area (Å²) in [5, 5.41) is 19.1. The summed E-state index contributed by atoms with van der Waals surface area (Å²) in [7, 11) is 0. The number of nitrogens with zero attached hydrogens (tertiary/aromatic N) is 1. The van der Waals surface area contributed by atoms with Crippen molar-refractivity contribution in [3.8, 4) is 0 Å². The highest BCUT2D eigenvalue weighted by molar-refractivity contribution is 14.1. The van der Waals surface area contributed by atoms with Gasteiger partial charge in [0, 0.05) is 12.1 Å². The lowest BCUT2D eigenvalue weighted by atomic mass is 10.0. The lowest BCUT2D eigenvalue weighted by Gasteiger charge is -2.16. The van der Waals surface area contributed by atoms with Crippen molar-refractivity contribution in [1.29, 1.82) is 0 Å². The number of aliphatic hydroxyl groups is 2. The first-order valence-corrected chi connectivity index (χ1v) is 7.34. The molecule has 0 amide bonds. The van der Waals surface area contributed by atoms with Crippen LogP contribution >= 0.6 is 22.6 Å². The Morgan fingerprint density at radius 1 is 1.55 bits per heavy atom. The van der Waals surface area contributed by atoms with Crippen molar-refractivity contribution < 1.29 is 10.2 Å². The van der Waals surface area contributed by atoms with Crippen molar-refractivity contribution in [2.24, 2.45) is 5.92 Å². The van der Waals surface area contributed by atoms with Crippen molar-refractivity contribution in [2.75, 3.05) is 6.61 Å². The first-order valence-electron chi connectivity index (χ1n) is 6.09. The fourth-order valence-corrected chi connectivity index (χ4v) is 2.88. The highest BCUT2D eigenvalue weighted by Gasteiger charge is 2.37. The maximum atomic E-state index is 11.9. The third-order valence-electron chi connectivity index (χ3n) is 3.60. The topological polar surface area (TPSA) is 95.3 Å². The van der Waals surface area contributed by atoms with E-state index in [0.717, 1.165) is 0 Å². The monoisotopic (exact) mass is 390 g/mol. The molecule has 7 heteroatoms. The molecule has 1 aliphatic rings. The molecule has 1 aromatic rings. The van der Waals surface area contributed by atoms with Crippen LogP contribution in [0.2, 0.25) is 0 Å². The minimum absolute atomic E-state index is 0.213. The van der Waals surface area contributed by atoms with Crippen LogP contribution in [-0.2, 0) is 0 Å². The molecular weight excluding hydrogens is 375 g/mol. The van der Waals surface area contributed by atoms with Gasteiger partial charge in [-0.1, -0.05) is 29.2 Å². The van der Waals surface area contributed by atoms with Gasteiger partial charge in [0.2, 0.25) is 0 Å². The molecule has 2 rings (SSSR count). The molecule has 6 nitrogen and oxygen atoms in total. The van der Waals surface area contributed by atoms with Crippen LogP contribution in [0.1, 0.15) is 18.0 Å². The van der Waals surface area contributed by atoms with E-state index < -0.39 is 29.3 Å². The smallest absolute Gasteiger partial charge is 0.328 e. The molecule has 3 atom stereocenters. The molecule has 0 bridgehead atoms. The molecule has 1 heterocycles. The second-order valence-electron chi connectivity index (χ2n) is 4.73. The zero-order valence-electron chi connectivity index (χ0n) is 10.6. The average Bonchev–Trinajstić information content (AvgIpc) is 2.68. The van der Waals surface area contributed by atoms with Gasteiger partial charge in [0.05, 0.1) is 24.3 Å². The Balaban J connectivity index is 2.49. The lowest BCUT2D eigenvalue weighted by molar-refractivity contribution is 0.101. The van der Waals surface area contributed by atoms with E-state index in [1.807, 2.05) is 22.6 Å². The predicted octanol–water partition coefficient (Wildman–Crippen LogP) is 0.413. The molecule has 0 saturated heterocycles. The Morgan fingerprint density at radius 3 is 2.80 bits per heavy atom. The zero-order valence-corrected chi connectivity index (χ0v) is 12.8. The Kier molecular flexibility index (Phi) is 4.61. The maximum absolute atomic E-state index is 11.9. The number of aromatic amines is 1. The van der Waals surface area contributed by atoms with Gasteiger partial charge < -0.3 is 10.2 Å². The fraction of sp³-hybridized carbons (Fsp3) is 0.385.